The molecular formula is C24H25ClFN3O. The Kier molecular flexibility index (Phi) is 6.30. The van der Waals surface area contributed by atoms with Crippen LogP contribution in [-0.4, -0.2) is 16.0 Å². The lowest BCUT2D eigenvalue weighted by atomic mass is 9.73. The molecule has 0 aliphatic heterocycles. The molecule has 4 nitrogen and oxygen atoms in total. The van der Waals surface area contributed by atoms with Gasteiger partial charge in [0.05, 0.1) is 11.2 Å². The van der Waals surface area contributed by atoms with Crippen LogP contribution in [0.1, 0.15) is 44.1 Å². The molecule has 1 aliphatic rings. The topological polar surface area (TPSA) is 57.5 Å². The maximum Gasteiger partial charge on any atom is 0.129 e. The largest absolute Gasteiger partial charge is 0.290 e. The third kappa shape index (κ3) is 4.47. The molecule has 0 saturated heterocycles. The molecule has 1 saturated carbocycles. The van der Waals surface area contributed by atoms with Crippen LogP contribution in [0.25, 0.3) is 10.9 Å². The third-order valence-corrected chi connectivity index (χ3v) is 6.53. The van der Waals surface area contributed by atoms with Crippen molar-refractivity contribution in [3.05, 3.63) is 71.1 Å². The summed E-state index contributed by atoms with van der Waals surface area (Å²) in [5, 5.41) is 11.2. The van der Waals surface area contributed by atoms with E-state index in [1.165, 1.54) is 11.6 Å². The maximum atomic E-state index is 13.8. The van der Waals surface area contributed by atoms with Gasteiger partial charge in [0, 0.05) is 22.5 Å². The van der Waals surface area contributed by atoms with Crippen molar-refractivity contribution < 1.29 is 9.60 Å². The summed E-state index contributed by atoms with van der Waals surface area (Å²) in [6.07, 6.45) is 5.89. The van der Waals surface area contributed by atoms with Crippen molar-refractivity contribution in [2.75, 3.05) is 0 Å². The van der Waals surface area contributed by atoms with Gasteiger partial charge in [-0.15, -0.1) is 0 Å². The second-order valence-corrected chi connectivity index (χ2v) is 8.48. The van der Waals surface area contributed by atoms with E-state index in [0.717, 1.165) is 42.3 Å². The van der Waals surface area contributed by atoms with Gasteiger partial charge >= 0.3 is 0 Å². The van der Waals surface area contributed by atoms with Crippen LogP contribution in [0.15, 0.2) is 59.7 Å². The summed E-state index contributed by atoms with van der Waals surface area (Å²) in [6.45, 7) is 2.10. The van der Waals surface area contributed by atoms with E-state index in [2.05, 4.69) is 22.4 Å². The number of halogens is 2. The van der Waals surface area contributed by atoms with Crippen LogP contribution >= 0.6 is 11.6 Å². The molecule has 1 aromatic heterocycles. The normalized spacial score (nSPS) is 20.9. The summed E-state index contributed by atoms with van der Waals surface area (Å²) in [6, 6.07) is 14.1. The molecule has 30 heavy (non-hydrogen) atoms. The van der Waals surface area contributed by atoms with Crippen LogP contribution in [0.3, 0.4) is 0 Å². The summed E-state index contributed by atoms with van der Waals surface area (Å²) in [5.74, 6) is 1.24. The van der Waals surface area contributed by atoms with Crippen molar-refractivity contribution in [3.8, 4) is 0 Å². The molecule has 0 amide bonds. The molecule has 0 bridgehead atoms. The molecular weight excluding hydrogens is 401 g/mol. The number of hydrogen-bond acceptors (Lipinski definition) is 3. The Morgan fingerprint density at radius 2 is 1.87 bits per heavy atom. The minimum atomic E-state index is -0.226. The van der Waals surface area contributed by atoms with Crippen LogP contribution in [0.5, 0.6) is 0 Å². The highest BCUT2D eigenvalue weighted by atomic mass is 35.5. The monoisotopic (exact) mass is 425 g/mol. The quantitative estimate of drug-likeness (QED) is 0.279. The van der Waals surface area contributed by atoms with Gasteiger partial charge in [-0.2, -0.15) is 0 Å². The van der Waals surface area contributed by atoms with Crippen molar-refractivity contribution in [1.82, 2.24) is 10.5 Å². The van der Waals surface area contributed by atoms with E-state index < -0.39 is 0 Å². The van der Waals surface area contributed by atoms with E-state index in [4.69, 9.17) is 11.6 Å². The Bertz CT molecular complexity index is 1050. The summed E-state index contributed by atoms with van der Waals surface area (Å²) >= 11 is 5.94. The SMILES string of the molecule is C[C@@H](C(=Nc1ccc(Cl)cc1)NO)C1CCC(c2ccnc3ccc(F)cc23)CC1. The van der Waals surface area contributed by atoms with E-state index in [1.54, 1.807) is 24.3 Å². The molecule has 1 aliphatic carbocycles. The highest BCUT2D eigenvalue weighted by Gasteiger charge is 2.29. The van der Waals surface area contributed by atoms with Crippen LogP contribution in [-0.2, 0) is 0 Å². The number of benzene rings is 2. The molecule has 3 aromatic rings. The predicted octanol–water partition coefficient (Wildman–Crippen LogP) is 6.65. The standard InChI is InChI=1S/C24H25ClFN3O/c1-15(24(29-30)28-20-9-6-18(25)7-10-20)16-2-4-17(5-3-16)21-12-13-27-23-11-8-19(26)14-22(21)23/h6-17,30H,2-5H2,1H3,(H,28,29)/t15-,16?,17?/m1/s1. The summed E-state index contributed by atoms with van der Waals surface area (Å²) in [5.41, 5.74) is 5.07. The fraction of sp³-hybridized carbons (Fsp3) is 0.333. The van der Waals surface area contributed by atoms with E-state index in [-0.39, 0.29) is 11.7 Å². The van der Waals surface area contributed by atoms with Gasteiger partial charge in [0.15, 0.2) is 0 Å². The number of aliphatic imine (C=N–C) groups is 1. The van der Waals surface area contributed by atoms with Crippen LogP contribution in [0, 0.1) is 17.7 Å². The fourth-order valence-corrected chi connectivity index (χ4v) is 4.66. The number of fused-ring (bicyclic) bond motifs is 1. The molecule has 1 heterocycles. The number of nitrogens with one attached hydrogen (secondary N) is 1. The maximum absolute atomic E-state index is 13.8. The van der Waals surface area contributed by atoms with Gasteiger partial charge in [-0.3, -0.25) is 15.7 Å². The van der Waals surface area contributed by atoms with Gasteiger partial charge in [-0.1, -0.05) is 18.5 Å². The molecule has 2 N–H and O–H groups in total. The molecule has 0 unspecified atom stereocenters. The van der Waals surface area contributed by atoms with Crippen molar-refractivity contribution in [2.24, 2.45) is 16.8 Å². The lowest BCUT2D eigenvalue weighted by molar-refractivity contribution is 0.213. The Hall–Kier alpha value is -2.50. The Morgan fingerprint density at radius 1 is 1.13 bits per heavy atom. The number of amidine groups is 1. The smallest absolute Gasteiger partial charge is 0.129 e. The number of nitrogens with zero attached hydrogens (tertiary/aromatic N) is 2. The highest BCUT2D eigenvalue weighted by molar-refractivity contribution is 6.30. The molecule has 6 heteroatoms. The number of pyridine rings is 1. The fourth-order valence-electron chi connectivity index (χ4n) is 4.53. The van der Waals surface area contributed by atoms with Crippen LogP contribution in [0.2, 0.25) is 5.02 Å². The average molecular weight is 426 g/mol. The molecule has 1 atom stereocenters. The molecule has 156 valence electrons. The number of hydroxylamine groups is 1. The zero-order valence-corrected chi connectivity index (χ0v) is 17.6. The highest BCUT2D eigenvalue weighted by Crippen LogP contribution is 2.41. The van der Waals surface area contributed by atoms with Gasteiger partial charge < -0.3 is 0 Å². The van der Waals surface area contributed by atoms with Crippen molar-refractivity contribution >= 4 is 34.0 Å². The summed E-state index contributed by atoms with van der Waals surface area (Å²) in [4.78, 5) is 8.94. The molecule has 0 spiro atoms. The Morgan fingerprint density at radius 3 is 2.57 bits per heavy atom. The minimum Gasteiger partial charge on any atom is -0.290 e. The molecule has 2 aromatic carbocycles. The van der Waals surface area contributed by atoms with E-state index in [1.807, 2.05) is 24.4 Å². The predicted molar refractivity (Wildman–Crippen MR) is 119 cm³/mol. The Labute approximate surface area is 180 Å². The summed E-state index contributed by atoms with van der Waals surface area (Å²) < 4.78 is 13.8. The van der Waals surface area contributed by atoms with Gasteiger partial charge in [-0.05, 0) is 91.6 Å². The first kappa shape index (κ1) is 20.8. The first-order valence-electron chi connectivity index (χ1n) is 10.3. The zero-order valence-electron chi connectivity index (χ0n) is 16.9. The Balaban J connectivity index is 1.47. The van der Waals surface area contributed by atoms with Crippen molar-refractivity contribution in [2.45, 2.75) is 38.5 Å². The lowest BCUT2D eigenvalue weighted by Gasteiger charge is -2.33. The van der Waals surface area contributed by atoms with E-state index in [0.29, 0.717) is 22.7 Å². The lowest BCUT2D eigenvalue weighted by Crippen LogP contribution is -2.33. The molecule has 1 fully saturated rings. The first-order valence-corrected chi connectivity index (χ1v) is 10.7. The second kappa shape index (κ2) is 9.11. The molecule has 4 rings (SSSR count). The second-order valence-electron chi connectivity index (χ2n) is 8.05. The number of rotatable bonds is 4. The van der Waals surface area contributed by atoms with E-state index in [9.17, 15) is 9.60 Å². The number of aromatic nitrogens is 1. The van der Waals surface area contributed by atoms with Crippen LogP contribution in [0.4, 0.5) is 10.1 Å². The van der Waals surface area contributed by atoms with E-state index >= 15 is 0 Å². The van der Waals surface area contributed by atoms with Gasteiger partial charge in [0.1, 0.15) is 11.7 Å². The average Bonchev–Trinajstić information content (AvgIpc) is 2.78. The van der Waals surface area contributed by atoms with Crippen LogP contribution < -0.4 is 5.48 Å². The van der Waals surface area contributed by atoms with Crippen molar-refractivity contribution in [3.63, 3.8) is 0 Å². The zero-order chi connectivity index (χ0) is 21.1. The van der Waals surface area contributed by atoms with Crippen molar-refractivity contribution in [1.29, 1.82) is 0 Å². The van der Waals surface area contributed by atoms with Gasteiger partial charge in [0.2, 0.25) is 0 Å². The molecule has 0 radical (unpaired) electrons. The third-order valence-electron chi connectivity index (χ3n) is 6.28. The van der Waals surface area contributed by atoms with Gasteiger partial charge in [0.25, 0.3) is 0 Å². The first-order chi connectivity index (χ1) is 14.5. The minimum absolute atomic E-state index is 0.0956. The summed E-state index contributed by atoms with van der Waals surface area (Å²) in [7, 11) is 0. The van der Waals surface area contributed by atoms with Gasteiger partial charge in [-0.25, -0.2) is 9.38 Å². The number of hydrogen-bond donors (Lipinski definition) is 2.